The predicted octanol–water partition coefficient (Wildman–Crippen LogP) is 4.21. The number of urea groups is 1. The van der Waals surface area contributed by atoms with Crippen molar-refractivity contribution in [3.8, 4) is 5.75 Å². The summed E-state index contributed by atoms with van der Waals surface area (Å²) in [5.74, 6) is 1.28. The fourth-order valence-corrected chi connectivity index (χ4v) is 3.60. The van der Waals surface area contributed by atoms with Gasteiger partial charge in [-0.1, -0.05) is 44.2 Å². The van der Waals surface area contributed by atoms with E-state index in [0.29, 0.717) is 5.92 Å². The van der Waals surface area contributed by atoms with Crippen LogP contribution in [0.3, 0.4) is 0 Å². The molecule has 5 heteroatoms. The highest BCUT2D eigenvalue weighted by Crippen LogP contribution is 2.24. The Bertz CT molecular complexity index is 783. The molecule has 2 amide bonds. The van der Waals surface area contributed by atoms with E-state index < -0.39 is 0 Å². The predicted molar refractivity (Wildman–Crippen MR) is 114 cm³/mol. The number of anilines is 1. The molecule has 0 aliphatic carbocycles. The van der Waals surface area contributed by atoms with Crippen LogP contribution in [0.25, 0.3) is 0 Å². The third-order valence-electron chi connectivity index (χ3n) is 5.33. The van der Waals surface area contributed by atoms with E-state index in [1.54, 1.807) is 7.11 Å². The molecule has 0 saturated carbocycles. The molecule has 2 aromatic rings. The Labute approximate surface area is 168 Å². The molecule has 1 aliphatic heterocycles. The number of carbonyl (C=O) groups excluding carboxylic acids is 1. The summed E-state index contributed by atoms with van der Waals surface area (Å²) in [7, 11) is 1.70. The van der Waals surface area contributed by atoms with Crippen molar-refractivity contribution in [3.63, 3.8) is 0 Å². The average molecular weight is 382 g/mol. The Balaban J connectivity index is 1.48. The lowest BCUT2D eigenvalue weighted by atomic mass is 10.0. The molecule has 0 atom stereocenters. The van der Waals surface area contributed by atoms with Gasteiger partial charge in [0.05, 0.1) is 7.11 Å². The minimum Gasteiger partial charge on any atom is -0.497 e. The Kier molecular flexibility index (Phi) is 6.93. The molecule has 0 unspecified atom stereocenters. The molecule has 1 aliphatic rings. The summed E-state index contributed by atoms with van der Waals surface area (Å²) < 4.78 is 5.29. The Morgan fingerprint density at radius 3 is 2.54 bits per heavy atom. The summed E-state index contributed by atoms with van der Waals surface area (Å²) >= 11 is 0. The van der Waals surface area contributed by atoms with Crippen molar-refractivity contribution < 1.29 is 9.53 Å². The number of benzene rings is 2. The van der Waals surface area contributed by atoms with Crippen molar-refractivity contribution in [2.45, 2.75) is 26.2 Å². The van der Waals surface area contributed by atoms with Crippen LogP contribution in [0.4, 0.5) is 10.5 Å². The summed E-state index contributed by atoms with van der Waals surface area (Å²) in [4.78, 5) is 17.0. The third kappa shape index (κ3) is 5.26. The van der Waals surface area contributed by atoms with Crippen molar-refractivity contribution in [2.24, 2.45) is 0 Å². The maximum Gasteiger partial charge on any atom is 0.321 e. The summed E-state index contributed by atoms with van der Waals surface area (Å²) in [6.07, 6.45) is 0.991. The zero-order chi connectivity index (χ0) is 19.9. The maximum absolute atomic E-state index is 12.7. The zero-order valence-electron chi connectivity index (χ0n) is 17.1. The van der Waals surface area contributed by atoms with Crippen LogP contribution >= 0.6 is 0 Å². The van der Waals surface area contributed by atoms with Gasteiger partial charge in [0.25, 0.3) is 0 Å². The maximum atomic E-state index is 12.7. The van der Waals surface area contributed by atoms with Crippen LogP contribution in [0, 0.1) is 0 Å². The van der Waals surface area contributed by atoms with Gasteiger partial charge in [0.2, 0.25) is 0 Å². The van der Waals surface area contributed by atoms with E-state index in [0.717, 1.165) is 50.6 Å². The van der Waals surface area contributed by atoms with Crippen LogP contribution in [0.1, 0.15) is 30.9 Å². The van der Waals surface area contributed by atoms with Gasteiger partial charge in [-0.25, -0.2) is 4.79 Å². The first-order chi connectivity index (χ1) is 13.6. The number of ether oxygens (including phenoxy) is 1. The lowest BCUT2D eigenvalue weighted by molar-refractivity contribution is 0.148. The number of methoxy groups -OCH3 is 1. The summed E-state index contributed by atoms with van der Waals surface area (Å²) in [5, 5.41) is 3.10. The van der Waals surface area contributed by atoms with Crippen molar-refractivity contribution >= 4 is 11.7 Å². The van der Waals surface area contributed by atoms with E-state index in [1.807, 2.05) is 35.2 Å². The molecule has 150 valence electrons. The van der Waals surface area contributed by atoms with Crippen LogP contribution < -0.4 is 10.1 Å². The van der Waals surface area contributed by atoms with Crippen LogP contribution in [0.2, 0.25) is 0 Å². The number of para-hydroxylation sites is 1. The second-order valence-electron chi connectivity index (χ2n) is 7.60. The molecule has 0 spiro atoms. The van der Waals surface area contributed by atoms with Gasteiger partial charge in [-0.15, -0.1) is 0 Å². The Hall–Kier alpha value is -2.53. The molecule has 0 radical (unpaired) electrons. The molecule has 0 bridgehead atoms. The van der Waals surface area contributed by atoms with Crippen LogP contribution in [0.5, 0.6) is 5.75 Å². The van der Waals surface area contributed by atoms with Crippen LogP contribution in [-0.2, 0) is 6.42 Å². The molecule has 3 rings (SSSR count). The molecule has 5 nitrogen and oxygen atoms in total. The smallest absolute Gasteiger partial charge is 0.321 e. The van der Waals surface area contributed by atoms with Crippen molar-refractivity contribution in [2.75, 3.05) is 45.2 Å². The van der Waals surface area contributed by atoms with Gasteiger partial charge in [-0.05, 0) is 41.7 Å². The van der Waals surface area contributed by atoms with E-state index >= 15 is 0 Å². The quantitative estimate of drug-likeness (QED) is 0.815. The highest BCUT2D eigenvalue weighted by molar-refractivity contribution is 5.90. The van der Waals surface area contributed by atoms with Gasteiger partial charge in [0.1, 0.15) is 5.75 Å². The molecular formula is C23H31N3O2. The molecule has 1 heterocycles. The van der Waals surface area contributed by atoms with Crippen molar-refractivity contribution in [1.29, 1.82) is 0 Å². The van der Waals surface area contributed by atoms with E-state index in [1.165, 1.54) is 11.1 Å². The molecule has 2 aromatic carbocycles. The second kappa shape index (κ2) is 9.60. The van der Waals surface area contributed by atoms with E-state index in [9.17, 15) is 4.79 Å². The summed E-state index contributed by atoms with van der Waals surface area (Å²) in [6.45, 7) is 8.62. The van der Waals surface area contributed by atoms with E-state index in [-0.39, 0.29) is 6.03 Å². The molecule has 0 aromatic heterocycles. The molecule has 28 heavy (non-hydrogen) atoms. The number of piperazine rings is 1. The highest BCUT2D eigenvalue weighted by atomic mass is 16.5. The van der Waals surface area contributed by atoms with Gasteiger partial charge in [0, 0.05) is 38.4 Å². The van der Waals surface area contributed by atoms with Crippen molar-refractivity contribution in [1.82, 2.24) is 9.80 Å². The normalized spacial score (nSPS) is 14.9. The fraction of sp³-hybridized carbons (Fsp3) is 0.435. The van der Waals surface area contributed by atoms with Gasteiger partial charge >= 0.3 is 6.03 Å². The Morgan fingerprint density at radius 2 is 1.82 bits per heavy atom. The number of carbonyl (C=O) groups is 1. The third-order valence-corrected chi connectivity index (χ3v) is 5.33. The van der Waals surface area contributed by atoms with Crippen molar-refractivity contribution in [3.05, 3.63) is 59.7 Å². The molecule has 1 N–H and O–H groups in total. The number of hydrogen-bond acceptors (Lipinski definition) is 3. The zero-order valence-corrected chi connectivity index (χ0v) is 17.1. The number of amides is 2. The van der Waals surface area contributed by atoms with Gasteiger partial charge in [0.15, 0.2) is 0 Å². The number of nitrogens with one attached hydrogen (secondary N) is 1. The van der Waals surface area contributed by atoms with E-state index in [2.05, 4.69) is 42.3 Å². The van der Waals surface area contributed by atoms with Crippen LogP contribution in [-0.4, -0.2) is 55.7 Å². The second-order valence-corrected chi connectivity index (χ2v) is 7.60. The van der Waals surface area contributed by atoms with Crippen LogP contribution in [0.15, 0.2) is 48.5 Å². The van der Waals surface area contributed by atoms with E-state index in [4.69, 9.17) is 4.74 Å². The summed E-state index contributed by atoms with van der Waals surface area (Å²) in [5.41, 5.74) is 3.38. The number of rotatable bonds is 6. The standard InChI is InChI=1S/C23H31N3O2/c1-18(2)21-9-4-5-10-22(21)24-23(27)26-15-13-25(14-16-26)12-11-19-7-6-8-20(17-19)28-3/h4-10,17-18H,11-16H2,1-3H3,(H,24,27). The first-order valence-electron chi connectivity index (χ1n) is 10.1. The highest BCUT2D eigenvalue weighted by Gasteiger charge is 2.21. The lowest BCUT2D eigenvalue weighted by Gasteiger charge is -2.35. The molecule has 1 fully saturated rings. The largest absolute Gasteiger partial charge is 0.497 e. The minimum absolute atomic E-state index is 0.000505. The monoisotopic (exact) mass is 381 g/mol. The number of nitrogens with zero attached hydrogens (tertiary/aromatic N) is 2. The van der Waals surface area contributed by atoms with Gasteiger partial charge < -0.3 is 15.0 Å². The SMILES string of the molecule is COc1cccc(CCN2CCN(C(=O)Nc3ccccc3C(C)C)CC2)c1. The topological polar surface area (TPSA) is 44.8 Å². The molecule has 1 saturated heterocycles. The Morgan fingerprint density at radius 1 is 1.07 bits per heavy atom. The minimum atomic E-state index is 0.000505. The lowest BCUT2D eigenvalue weighted by Crippen LogP contribution is -2.50. The average Bonchev–Trinajstić information content (AvgIpc) is 2.73. The fourth-order valence-electron chi connectivity index (χ4n) is 3.60. The first-order valence-corrected chi connectivity index (χ1v) is 10.1. The first kappa shape index (κ1) is 20.2. The number of hydrogen-bond donors (Lipinski definition) is 1. The van der Waals surface area contributed by atoms with Gasteiger partial charge in [-0.2, -0.15) is 0 Å². The van der Waals surface area contributed by atoms with Gasteiger partial charge in [-0.3, -0.25) is 4.90 Å². The molecular weight excluding hydrogens is 350 g/mol. The summed E-state index contributed by atoms with van der Waals surface area (Å²) in [6, 6.07) is 16.3.